The number of hydrogen-bond donors (Lipinski definition) is 1. The fourth-order valence-corrected chi connectivity index (χ4v) is 3.04. The number of rotatable bonds is 4. The molecule has 0 fully saturated rings. The highest BCUT2D eigenvalue weighted by Crippen LogP contribution is 2.23. The van der Waals surface area contributed by atoms with Crippen LogP contribution < -0.4 is 5.32 Å². The third kappa shape index (κ3) is 3.37. The van der Waals surface area contributed by atoms with Crippen LogP contribution in [0.15, 0.2) is 47.6 Å². The minimum absolute atomic E-state index is 0.190. The van der Waals surface area contributed by atoms with Crippen LogP contribution in [0.2, 0.25) is 0 Å². The largest absolute Gasteiger partial charge is 0.325 e. The number of fused-ring (bicyclic) bond motifs is 1. The van der Waals surface area contributed by atoms with E-state index in [0.29, 0.717) is 11.3 Å². The van der Waals surface area contributed by atoms with E-state index >= 15 is 0 Å². The van der Waals surface area contributed by atoms with Gasteiger partial charge in [0.2, 0.25) is 5.91 Å². The molecule has 0 atom stereocenters. The van der Waals surface area contributed by atoms with Crippen molar-refractivity contribution in [2.75, 3.05) is 11.1 Å². The van der Waals surface area contributed by atoms with Crippen molar-refractivity contribution < 1.29 is 9.18 Å². The van der Waals surface area contributed by atoms with Gasteiger partial charge in [0, 0.05) is 12.7 Å². The topological polar surface area (TPSA) is 46.9 Å². The molecule has 3 rings (SSSR count). The van der Waals surface area contributed by atoms with Gasteiger partial charge in [0.15, 0.2) is 5.16 Å². The van der Waals surface area contributed by atoms with E-state index in [1.54, 1.807) is 19.1 Å². The summed E-state index contributed by atoms with van der Waals surface area (Å²) in [5, 5.41) is 3.47. The number of anilines is 1. The molecule has 1 aromatic heterocycles. The summed E-state index contributed by atoms with van der Waals surface area (Å²) < 4.78 is 15.4. The highest BCUT2D eigenvalue weighted by Gasteiger charge is 2.11. The van der Waals surface area contributed by atoms with Crippen LogP contribution in [0, 0.1) is 12.7 Å². The van der Waals surface area contributed by atoms with Crippen molar-refractivity contribution in [3.63, 3.8) is 0 Å². The summed E-state index contributed by atoms with van der Waals surface area (Å²) in [4.78, 5) is 16.5. The number of amides is 1. The standard InChI is InChI=1S/C17H16FN3OS/c1-11-7-8-12(9-13(11)18)19-16(22)10-23-17-20-14-5-3-4-6-15(14)21(17)2/h3-9H,10H2,1-2H3,(H,19,22). The summed E-state index contributed by atoms with van der Waals surface area (Å²) in [5.74, 6) is -0.303. The van der Waals surface area contributed by atoms with Gasteiger partial charge in [0.25, 0.3) is 0 Å². The lowest BCUT2D eigenvalue weighted by atomic mass is 10.2. The van der Waals surface area contributed by atoms with Crippen LogP contribution in [0.4, 0.5) is 10.1 Å². The van der Waals surface area contributed by atoms with Gasteiger partial charge in [-0.25, -0.2) is 9.37 Å². The van der Waals surface area contributed by atoms with Crippen molar-refractivity contribution in [1.29, 1.82) is 0 Å². The molecule has 6 heteroatoms. The predicted octanol–water partition coefficient (Wildman–Crippen LogP) is 3.75. The molecular formula is C17H16FN3OS. The molecule has 1 amide bonds. The number of aromatic nitrogens is 2. The summed E-state index contributed by atoms with van der Waals surface area (Å²) in [6.45, 7) is 1.68. The fraction of sp³-hybridized carbons (Fsp3) is 0.176. The predicted molar refractivity (Wildman–Crippen MR) is 91.2 cm³/mol. The van der Waals surface area contributed by atoms with E-state index < -0.39 is 0 Å². The summed E-state index contributed by atoms with van der Waals surface area (Å²) >= 11 is 1.35. The molecule has 4 nitrogen and oxygen atoms in total. The molecule has 23 heavy (non-hydrogen) atoms. The first-order chi connectivity index (χ1) is 11.0. The monoisotopic (exact) mass is 329 g/mol. The average Bonchev–Trinajstić information content (AvgIpc) is 2.86. The van der Waals surface area contributed by atoms with E-state index in [-0.39, 0.29) is 17.5 Å². The summed E-state index contributed by atoms with van der Waals surface area (Å²) in [5.41, 5.74) is 2.94. The maximum Gasteiger partial charge on any atom is 0.234 e. The number of aryl methyl sites for hydroxylation is 2. The van der Waals surface area contributed by atoms with Crippen LogP contribution in [-0.2, 0) is 11.8 Å². The molecule has 1 N–H and O–H groups in total. The number of benzene rings is 2. The number of carbonyl (C=O) groups excluding carboxylic acids is 1. The number of imidazole rings is 1. The van der Waals surface area contributed by atoms with Crippen molar-refractivity contribution in [2.45, 2.75) is 12.1 Å². The second-order valence-electron chi connectivity index (χ2n) is 5.24. The van der Waals surface area contributed by atoms with Crippen LogP contribution in [-0.4, -0.2) is 21.2 Å². The maximum absolute atomic E-state index is 13.5. The van der Waals surface area contributed by atoms with E-state index in [1.807, 2.05) is 35.9 Å². The molecule has 0 aliphatic heterocycles. The Morgan fingerprint density at radius 1 is 1.30 bits per heavy atom. The van der Waals surface area contributed by atoms with Gasteiger partial charge < -0.3 is 9.88 Å². The van der Waals surface area contributed by atoms with Crippen molar-refractivity contribution in [3.8, 4) is 0 Å². The lowest BCUT2D eigenvalue weighted by Crippen LogP contribution is -2.14. The first-order valence-corrected chi connectivity index (χ1v) is 8.13. The molecule has 0 radical (unpaired) electrons. The van der Waals surface area contributed by atoms with Gasteiger partial charge in [-0.2, -0.15) is 0 Å². The number of para-hydroxylation sites is 2. The van der Waals surface area contributed by atoms with Gasteiger partial charge in [0.05, 0.1) is 16.8 Å². The van der Waals surface area contributed by atoms with Gasteiger partial charge in [0.1, 0.15) is 5.82 Å². The third-order valence-corrected chi connectivity index (χ3v) is 4.56. The zero-order valence-corrected chi connectivity index (χ0v) is 13.7. The minimum Gasteiger partial charge on any atom is -0.325 e. The molecule has 0 saturated heterocycles. The quantitative estimate of drug-likeness (QED) is 0.742. The number of nitrogens with zero attached hydrogens (tertiary/aromatic N) is 2. The second-order valence-corrected chi connectivity index (χ2v) is 6.19. The van der Waals surface area contributed by atoms with E-state index in [2.05, 4.69) is 10.3 Å². The lowest BCUT2D eigenvalue weighted by molar-refractivity contribution is -0.113. The number of halogens is 1. The molecule has 118 valence electrons. The van der Waals surface area contributed by atoms with Crippen molar-refractivity contribution in [1.82, 2.24) is 9.55 Å². The molecule has 1 heterocycles. The molecule has 2 aromatic carbocycles. The van der Waals surface area contributed by atoms with Crippen molar-refractivity contribution in [2.24, 2.45) is 7.05 Å². The molecule has 3 aromatic rings. The highest BCUT2D eigenvalue weighted by molar-refractivity contribution is 7.99. The molecule has 0 aliphatic carbocycles. The summed E-state index contributed by atoms with van der Waals surface area (Å²) in [6, 6.07) is 12.5. The smallest absolute Gasteiger partial charge is 0.234 e. The van der Waals surface area contributed by atoms with E-state index in [4.69, 9.17) is 0 Å². The maximum atomic E-state index is 13.5. The Balaban J connectivity index is 1.66. The number of nitrogens with one attached hydrogen (secondary N) is 1. The first kappa shape index (κ1) is 15.6. The van der Waals surface area contributed by atoms with Crippen LogP contribution >= 0.6 is 11.8 Å². The zero-order valence-electron chi connectivity index (χ0n) is 12.8. The Hall–Kier alpha value is -2.34. The van der Waals surface area contributed by atoms with Gasteiger partial charge in [-0.1, -0.05) is 30.0 Å². The first-order valence-electron chi connectivity index (χ1n) is 7.15. The fourth-order valence-electron chi connectivity index (χ4n) is 2.25. The molecule has 0 spiro atoms. The third-order valence-electron chi connectivity index (χ3n) is 3.53. The van der Waals surface area contributed by atoms with Gasteiger partial charge in [-0.05, 0) is 36.8 Å². The lowest BCUT2D eigenvalue weighted by Gasteiger charge is -2.06. The van der Waals surface area contributed by atoms with Gasteiger partial charge in [-0.15, -0.1) is 0 Å². The van der Waals surface area contributed by atoms with Crippen LogP contribution in [0.25, 0.3) is 11.0 Å². The number of carbonyl (C=O) groups is 1. The Morgan fingerprint density at radius 3 is 2.83 bits per heavy atom. The number of thioether (sulfide) groups is 1. The number of hydrogen-bond acceptors (Lipinski definition) is 3. The van der Waals surface area contributed by atoms with E-state index in [1.165, 1.54) is 17.8 Å². The van der Waals surface area contributed by atoms with Gasteiger partial charge >= 0.3 is 0 Å². The molecule has 0 aliphatic rings. The molecule has 0 unspecified atom stereocenters. The molecule has 0 saturated carbocycles. The summed E-state index contributed by atoms with van der Waals surface area (Å²) in [7, 11) is 1.92. The molecule has 0 bridgehead atoms. The Labute approximate surface area is 137 Å². The van der Waals surface area contributed by atoms with Crippen molar-refractivity contribution >= 4 is 34.4 Å². The SMILES string of the molecule is Cc1ccc(NC(=O)CSc2nc3ccccc3n2C)cc1F. The second kappa shape index (κ2) is 6.42. The van der Waals surface area contributed by atoms with E-state index in [0.717, 1.165) is 16.2 Å². The normalized spacial score (nSPS) is 10.9. The Bertz CT molecular complexity index is 875. The van der Waals surface area contributed by atoms with Crippen LogP contribution in [0.5, 0.6) is 0 Å². The van der Waals surface area contributed by atoms with Crippen LogP contribution in [0.1, 0.15) is 5.56 Å². The minimum atomic E-state index is -0.328. The van der Waals surface area contributed by atoms with Crippen LogP contribution in [0.3, 0.4) is 0 Å². The Kier molecular flexibility index (Phi) is 4.34. The highest BCUT2D eigenvalue weighted by atomic mass is 32.2. The van der Waals surface area contributed by atoms with E-state index in [9.17, 15) is 9.18 Å². The van der Waals surface area contributed by atoms with Crippen molar-refractivity contribution in [3.05, 3.63) is 53.8 Å². The Morgan fingerprint density at radius 2 is 2.09 bits per heavy atom. The molecular weight excluding hydrogens is 313 g/mol. The average molecular weight is 329 g/mol. The summed E-state index contributed by atoms with van der Waals surface area (Å²) in [6.07, 6.45) is 0. The zero-order chi connectivity index (χ0) is 16.4. The van der Waals surface area contributed by atoms with Gasteiger partial charge in [-0.3, -0.25) is 4.79 Å².